The molecule has 110 valence electrons. The summed E-state index contributed by atoms with van der Waals surface area (Å²) in [6.07, 6.45) is 3.72. The number of hydrogen-bond acceptors (Lipinski definition) is 3. The second kappa shape index (κ2) is 6.13. The molecule has 1 aromatic carbocycles. The average Bonchev–Trinajstić information content (AvgIpc) is 2.89. The maximum Gasteiger partial charge on any atom is 0.319 e. The lowest BCUT2D eigenvalue weighted by Crippen LogP contribution is -2.50. The second-order valence-electron chi connectivity index (χ2n) is 5.43. The maximum absolute atomic E-state index is 12.1. The van der Waals surface area contributed by atoms with Gasteiger partial charge in [-0.1, -0.05) is 18.9 Å². The monoisotopic (exact) mass is 278 g/mol. The molecule has 1 aliphatic carbocycles. The van der Waals surface area contributed by atoms with Gasteiger partial charge in [0, 0.05) is 0 Å². The van der Waals surface area contributed by atoms with Gasteiger partial charge in [-0.15, -0.1) is 0 Å². The van der Waals surface area contributed by atoms with Crippen LogP contribution in [-0.4, -0.2) is 30.4 Å². The number of nitrogens with one attached hydrogen (secondary N) is 2. The number of ether oxygens (including phenoxy) is 1. The van der Waals surface area contributed by atoms with Gasteiger partial charge in [0.05, 0.1) is 24.9 Å². The molecule has 2 rings (SSSR count). The van der Waals surface area contributed by atoms with Gasteiger partial charge in [-0.2, -0.15) is 0 Å². The molecule has 5 nitrogen and oxygen atoms in total. The summed E-state index contributed by atoms with van der Waals surface area (Å²) in [5, 5.41) is 15.2. The Bertz CT molecular complexity index is 482. The highest BCUT2D eigenvalue weighted by Crippen LogP contribution is 2.30. The Morgan fingerprint density at radius 3 is 2.70 bits per heavy atom. The van der Waals surface area contributed by atoms with Gasteiger partial charge in [0.1, 0.15) is 5.75 Å². The summed E-state index contributed by atoms with van der Waals surface area (Å²) < 4.78 is 5.26. The van der Waals surface area contributed by atoms with Crippen molar-refractivity contribution in [3.63, 3.8) is 0 Å². The first-order chi connectivity index (χ1) is 9.58. The third-order valence-corrected chi connectivity index (χ3v) is 3.85. The van der Waals surface area contributed by atoms with Crippen molar-refractivity contribution < 1.29 is 14.6 Å². The van der Waals surface area contributed by atoms with Crippen LogP contribution in [0.1, 0.15) is 31.2 Å². The zero-order chi connectivity index (χ0) is 14.6. The molecule has 0 radical (unpaired) electrons. The molecule has 0 atom stereocenters. The fraction of sp³-hybridized carbons (Fsp3) is 0.533. The number of aliphatic hydroxyl groups excluding tert-OH is 1. The van der Waals surface area contributed by atoms with E-state index in [-0.39, 0.29) is 12.6 Å². The smallest absolute Gasteiger partial charge is 0.319 e. The zero-order valence-electron chi connectivity index (χ0n) is 12.0. The molecule has 1 aliphatic rings. The molecule has 0 bridgehead atoms. The van der Waals surface area contributed by atoms with E-state index in [1.54, 1.807) is 7.11 Å². The van der Waals surface area contributed by atoms with Crippen LogP contribution in [0.25, 0.3) is 0 Å². The Balaban J connectivity index is 2.04. The predicted molar refractivity (Wildman–Crippen MR) is 78.2 cm³/mol. The number of anilines is 1. The van der Waals surface area contributed by atoms with Gasteiger partial charge < -0.3 is 20.5 Å². The van der Waals surface area contributed by atoms with Crippen molar-refractivity contribution in [1.82, 2.24) is 5.32 Å². The lowest BCUT2D eigenvalue weighted by atomic mass is 9.99. The molecule has 0 saturated heterocycles. The van der Waals surface area contributed by atoms with Crippen LogP contribution < -0.4 is 15.4 Å². The standard InChI is InChI=1S/C15H22N2O3/c1-11-5-6-12(13(9-11)20-2)16-14(19)17-15(10-18)7-3-4-8-15/h5-6,9,18H,3-4,7-8,10H2,1-2H3,(H2,16,17,19). The number of carbonyl (C=O) groups is 1. The van der Waals surface area contributed by atoms with E-state index < -0.39 is 5.54 Å². The van der Waals surface area contributed by atoms with E-state index in [0.29, 0.717) is 11.4 Å². The SMILES string of the molecule is COc1cc(C)ccc1NC(=O)NC1(CO)CCCC1. The molecule has 0 aliphatic heterocycles. The summed E-state index contributed by atoms with van der Waals surface area (Å²) in [4.78, 5) is 12.1. The Kier molecular flexibility index (Phi) is 4.49. The number of aliphatic hydroxyl groups is 1. The molecule has 20 heavy (non-hydrogen) atoms. The van der Waals surface area contributed by atoms with Crippen LogP contribution in [0.3, 0.4) is 0 Å². The van der Waals surface area contributed by atoms with Gasteiger partial charge in [0.2, 0.25) is 0 Å². The highest BCUT2D eigenvalue weighted by atomic mass is 16.5. The maximum atomic E-state index is 12.1. The van der Waals surface area contributed by atoms with Crippen LogP contribution in [0.2, 0.25) is 0 Å². The Morgan fingerprint density at radius 1 is 1.40 bits per heavy atom. The first-order valence-corrected chi connectivity index (χ1v) is 6.93. The van der Waals surface area contributed by atoms with E-state index in [1.807, 2.05) is 25.1 Å². The van der Waals surface area contributed by atoms with Crippen molar-refractivity contribution in [2.45, 2.75) is 38.1 Å². The van der Waals surface area contributed by atoms with Crippen molar-refractivity contribution in [2.75, 3.05) is 19.0 Å². The third-order valence-electron chi connectivity index (χ3n) is 3.85. The van der Waals surface area contributed by atoms with Crippen molar-refractivity contribution in [3.8, 4) is 5.75 Å². The summed E-state index contributed by atoms with van der Waals surface area (Å²) in [6.45, 7) is 1.94. The second-order valence-corrected chi connectivity index (χ2v) is 5.43. The predicted octanol–water partition coefficient (Wildman–Crippen LogP) is 2.43. The van der Waals surface area contributed by atoms with Crippen LogP contribution in [0.5, 0.6) is 5.75 Å². The van der Waals surface area contributed by atoms with E-state index in [4.69, 9.17) is 4.74 Å². The highest BCUT2D eigenvalue weighted by molar-refractivity contribution is 5.91. The van der Waals surface area contributed by atoms with Crippen molar-refractivity contribution in [3.05, 3.63) is 23.8 Å². The molecule has 2 amide bonds. The van der Waals surface area contributed by atoms with Crippen molar-refractivity contribution in [1.29, 1.82) is 0 Å². The molecule has 0 heterocycles. The van der Waals surface area contributed by atoms with Crippen LogP contribution in [-0.2, 0) is 0 Å². The number of hydrogen-bond donors (Lipinski definition) is 3. The molecule has 5 heteroatoms. The Hall–Kier alpha value is -1.75. The lowest BCUT2D eigenvalue weighted by molar-refractivity contribution is 0.167. The third kappa shape index (κ3) is 3.22. The van der Waals surface area contributed by atoms with E-state index in [1.165, 1.54) is 0 Å². The first-order valence-electron chi connectivity index (χ1n) is 6.93. The molecular weight excluding hydrogens is 256 g/mol. The van der Waals surface area contributed by atoms with Gasteiger partial charge in [-0.25, -0.2) is 4.79 Å². The van der Waals surface area contributed by atoms with E-state index in [2.05, 4.69) is 10.6 Å². The minimum Gasteiger partial charge on any atom is -0.495 e. The van der Waals surface area contributed by atoms with Gasteiger partial charge in [-0.05, 0) is 37.5 Å². The van der Waals surface area contributed by atoms with E-state index >= 15 is 0 Å². The molecule has 0 unspecified atom stereocenters. The molecule has 1 saturated carbocycles. The molecule has 0 aromatic heterocycles. The number of carbonyl (C=O) groups excluding carboxylic acids is 1. The number of benzene rings is 1. The lowest BCUT2D eigenvalue weighted by Gasteiger charge is -2.28. The number of urea groups is 1. The largest absolute Gasteiger partial charge is 0.495 e. The molecule has 3 N–H and O–H groups in total. The highest BCUT2D eigenvalue weighted by Gasteiger charge is 2.34. The summed E-state index contributed by atoms with van der Waals surface area (Å²) in [5.74, 6) is 0.629. The van der Waals surface area contributed by atoms with Crippen LogP contribution in [0.15, 0.2) is 18.2 Å². The Morgan fingerprint density at radius 2 is 2.10 bits per heavy atom. The summed E-state index contributed by atoms with van der Waals surface area (Å²) in [5.41, 5.74) is 1.22. The number of amides is 2. The van der Waals surface area contributed by atoms with Crippen LogP contribution in [0, 0.1) is 6.92 Å². The van der Waals surface area contributed by atoms with Gasteiger partial charge in [0.15, 0.2) is 0 Å². The van der Waals surface area contributed by atoms with Crippen molar-refractivity contribution in [2.24, 2.45) is 0 Å². The fourth-order valence-corrected chi connectivity index (χ4v) is 2.67. The minimum absolute atomic E-state index is 0.0224. The Labute approximate surface area is 119 Å². The molecule has 1 aromatic rings. The quantitative estimate of drug-likeness (QED) is 0.792. The van der Waals surface area contributed by atoms with E-state index in [9.17, 15) is 9.90 Å². The summed E-state index contributed by atoms with van der Waals surface area (Å²) >= 11 is 0. The fourth-order valence-electron chi connectivity index (χ4n) is 2.67. The van der Waals surface area contributed by atoms with Gasteiger partial charge in [-0.3, -0.25) is 0 Å². The molecule has 0 spiro atoms. The number of methoxy groups -OCH3 is 1. The number of aryl methyl sites for hydroxylation is 1. The average molecular weight is 278 g/mol. The topological polar surface area (TPSA) is 70.6 Å². The van der Waals surface area contributed by atoms with Gasteiger partial charge in [0.25, 0.3) is 0 Å². The minimum atomic E-state index is -0.470. The summed E-state index contributed by atoms with van der Waals surface area (Å²) in [7, 11) is 1.57. The van der Waals surface area contributed by atoms with Gasteiger partial charge >= 0.3 is 6.03 Å². The van der Waals surface area contributed by atoms with Crippen LogP contribution >= 0.6 is 0 Å². The number of rotatable bonds is 4. The molecule has 1 fully saturated rings. The zero-order valence-corrected chi connectivity index (χ0v) is 12.0. The van der Waals surface area contributed by atoms with E-state index in [0.717, 1.165) is 31.2 Å². The first kappa shape index (κ1) is 14.7. The van der Waals surface area contributed by atoms with Crippen LogP contribution in [0.4, 0.5) is 10.5 Å². The van der Waals surface area contributed by atoms with Crippen molar-refractivity contribution >= 4 is 11.7 Å². The summed E-state index contributed by atoms with van der Waals surface area (Å²) in [6, 6.07) is 5.29. The normalized spacial score (nSPS) is 16.8. The molecular formula is C15H22N2O3.